The summed E-state index contributed by atoms with van der Waals surface area (Å²) in [5, 5.41) is 0. The van der Waals surface area contributed by atoms with Crippen molar-refractivity contribution in [1.29, 1.82) is 0 Å². The van der Waals surface area contributed by atoms with Gasteiger partial charge in [0.15, 0.2) is 9.84 Å². The SMILES string of the molecule is COCCN(C(=O)C(C)N)C1CCS(=O)(=O)C1. The van der Waals surface area contributed by atoms with Crippen LogP contribution in [0.25, 0.3) is 0 Å². The Labute approximate surface area is 102 Å². The first kappa shape index (κ1) is 14.4. The Morgan fingerprint density at radius 2 is 2.24 bits per heavy atom. The van der Waals surface area contributed by atoms with E-state index in [9.17, 15) is 13.2 Å². The topological polar surface area (TPSA) is 89.7 Å². The van der Waals surface area contributed by atoms with Gasteiger partial charge in [0.2, 0.25) is 5.91 Å². The highest BCUT2D eigenvalue weighted by Gasteiger charge is 2.35. The predicted octanol–water partition coefficient (Wildman–Crippen LogP) is -1.00. The number of ether oxygens (including phenoxy) is 1. The number of sulfone groups is 1. The lowest BCUT2D eigenvalue weighted by molar-refractivity contribution is -0.134. The molecule has 1 rings (SSSR count). The number of hydrogen-bond donors (Lipinski definition) is 1. The third-order valence-corrected chi connectivity index (χ3v) is 4.61. The van der Waals surface area contributed by atoms with Gasteiger partial charge in [0.05, 0.1) is 24.2 Å². The first-order valence-corrected chi connectivity index (χ1v) is 7.45. The fraction of sp³-hybridized carbons (Fsp3) is 0.900. The van der Waals surface area contributed by atoms with Gasteiger partial charge in [-0.05, 0) is 13.3 Å². The molecule has 0 aromatic heterocycles. The minimum absolute atomic E-state index is 0.0369. The Bertz CT molecular complexity index is 367. The minimum Gasteiger partial charge on any atom is -0.383 e. The van der Waals surface area contributed by atoms with E-state index >= 15 is 0 Å². The van der Waals surface area contributed by atoms with Crippen molar-refractivity contribution in [3.63, 3.8) is 0 Å². The maximum absolute atomic E-state index is 11.9. The highest BCUT2D eigenvalue weighted by atomic mass is 32.2. The molecule has 0 aromatic carbocycles. The molecular weight excluding hydrogens is 244 g/mol. The normalized spacial score (nSPS) is 24.5. The van der Waals surface area contributed by atoms with E-state index in [1.165, 1.54) is 0 Å². The van der Waals surface area contributed by atoms with Crippen molar-refractivity contribution in [1.82, 2.24) is 4.90 Å². The highest BCUT2D eigenvalue weighted by molar-refractivity contribution is 7.91. The van der Waals surface area contributed by atoms with E-state index in [-0.39, 0.29) is 23.5 Å². The molecule has 0 aliphatic carbocycles. The summed E-state index contributed by atoms with van der Waals surface area (Å²) in [6, 6.07) is -0.871. The summed E-state index contributed by atoms with van der Waals surface area (Å²) in [7, 11) is -1.46. The van der Waals surface area contributed by atoms with Crippen LogP contribution in [0, 0.1) is 0 Å². The fourth-order valence-corrected chi connectivity index (χ4v) is 3.68. The maximum Gasteiger partial charge on any atom is 0.239 e. The predicted molar refractivity (Wildman–Crippen MR) is 64.3 cm³/mol. The van der Waals surface area contributed by atoms with Gasteiger partial charge in [-0.25, -0.2) is 8.42 Å². The van der Waals surface area contributed by atoms with Crippen molar-refractivity contribution in [3.05, 3.63) is 0 Å². The third kappa shape index (κ3) is 3.93. The Morgan fingerprint density at radius 3 is 2.65 bits per heavy atom. The van der Waals surface area contributed by atoms with Gasteiger partial charge >= 0.3 is 0 Å². The number of carbonyl (C=O) groups excluding carboxylic acids is 1. The first-order chi connectivity index (χ1) is 7.87. The van der Waals surface area contributed by atoms with Gasteiger partial charge < -0.3 is 15.4 Å². The lowest BCUT2D eigenvalue weighted by Crippen LogP contribution is -2.49. The Hall–Kier alpha value is -0.660. The van der Waals surface area contributed by atoms with Gasteiger partial charge in [-0.2, -0.15) is 0 Å². The Balaban J connectivity index is 2.73. The number of hydrogen-bond acceptors (Lipinski definition) is 5. The van der Waals surface area contributed by atoms with Gasteiger partial charge in [0, 0.05) is 19.7 Å². The second-order valence-electron chi connectivity index (χ2n) is 4.37. The number of carbonyl (C=O) groups is 1. The van der Waals surface area contributed by atoms with E-state index in [1.54, 1.807) is 18.9 Å². The molecule has 0 spiro atoms. The summed E-state index contributed by atoms with van der Waals surface area (Å²) in [6.45, 7) is 2.37. The molecule has 0 saturated carbocycles. The number of rotatable bonds is 5. The number of methoxy groups -OCH3 is 1. The van der Waals surface area contributed by atoms with E-state index in [4.69, 9.17) is 10.5 Å². The first-order valence-electron chi connectivity index (χ1n) is 5.63. The maximum atomic E-state index is 11.9. The summed E-state index contributed by atoms with van der Waals surface area (Å²) >= 11 is 0. The molecule has 0 aromatic rings. The van der Waals surface area contributed by atoms with E-state index in [0.29, 0.717) is 19.6 Å². The molecular formula is C10H20N2O4S. The van der Waals surface area contributed by atoms with Crippen molar-refractivity contribution in [2.75, 3.05) is 31.8 Å². The van der Waals surface area contributed by atoms with Gasteiger partial charge in [-0.1, -0.05) is 0 Å². The minimum atomic E-state index is -3.00. The molecule has 1 heterocycles. The van der Waals surface area contributed by atoms with E-state index in [1.807, 2.05) is 0 Å². The van der Waals surface area contributed by atoms with Crippen molar-refractivity contribution in [2.24, 2.45) is 5.73 Å². The van der Waals surface area contributed by atoms with Crippen molar-refractivity contribution >= 4 is 15.7 Å². The molecule has 1 aliphatic rings. The molecule has 7 heteroatoms. The quantitative estimate of drug-likeness (QED) is 0.687. The zero-order valence-electron chi connectivity index (χ0n) is 10.3. The lowest BCUT2D eigenvalue weighted by Gasteiger charge is -2.29. The fourth-order valence-electron chi connectivity index (χ4n) is 1.95. The van der Waals surface area contributed by atoms with Crippen molar-refractivity contribution in [3.8, 4) is 0 Å². The highest BCUT2D eigenvalue weighted by Crippen LogP contribution is 2.18. The average Bonchev–Trinajstić information content (AvgIpc) is 2.59. The van der Waals surface area contributed by atoms with Gasteiger partial charge in [-0.15, -0.1) is 0 Å². The van der Waals surface area contributed by atoms with Crippen LogP contribution in [0.3, 0.4) is 0 Å². The van der Waals surface area contributed by atoms with E-state index in [2.05, 4.69) is 0 Å². The van der Waals surface area contributed by atoms with Gasteiger partial charge in [0.25, 0.3) is 0 Å². The standard InChI is InChI=1S/C10H20N2O4S/c1-8(11)10(13)12(4-5-16-2)9-3-6-17(14,15)7-9/h8-9H,3-7,11H2,1-2H3. The van der Waals surface area contributed by atoms with Crippen LogP contribution in [0.5, 0.6) is 0 Å². The molecule has 2 N–H and O–H groups in total. The van der Waals surface area contributed by atoms with E-state index < -0.39 is 15.9 Å². The molecule has 1 amide bonds. The molecule has 2 atom stereocenters. The molecule has 2 unspecified atom stereocenters. The van der Waals surface area contributed by atoms with Crippen LogP contribution in [-0.4, -0.2) is 63.1 Å². The second kappa shape index (κ2) is 5.79. The van der Waals surface area contributed by atoms with Crippen LogP contribution in [0.4, 0.5) is 0 Å². The molecule has 17 heavy (non-hydrogen) atoms. The van der Waals surface area contributed by atoms with Crippen LogP contribution in [-0.2, 0) is 19.4 Å². The molecule has 100 valence electrons. The van der Waals surface area contributed by atoms with Gasteiger partial charge in [-0.3, -0.25) is 4.79 Å². The molecule has 1 aliphatic heterocycles. The summed E-state index contributed by atoms with van der Waals surface area (Å²) in [5.74, 6) is -0.0353. The Morgan fingerprint density at radius 1 is 1.59 bits per heavy atom. The van der Waals surface area contributed by atoms with Gasteiger partial charge in [0.1, 0.15) is 0 Å². The number of nitrogens with two attached hydrogens (primary N) is 1. The molecule has 0 bridgehead atoms. The van der Waals surface area contributed by atoms with Crippen LogP contribution in [0.2, 0.25) is 0 Å². The van der Waals surface area contributed by atoms with E-state index in [0.717, 1.165) is 0 Å². The lowest BCUT2D eigenvalue weighted by atomic mass is 10.2. The Kier molecular flexibility index (Phi) is 4.91. The average molecular weight is 264 g/mol. The largest absolute Gasteiger partial charge is 0.383 e. The summed E-state index contributed by atoms with van der Waals surface area (Å²) in [4.78, 5) is 13.4. The summed E-state index contributed by atoms with van der Waals surface area (Å²) in [5.41, 5.74) is 5.56. The molecule has 0 radical (unpaired) electrons. The van der Waals surface area contributed by atoms with Crippen LogP contribution in [0.15, 0.2) is 0 Å². The monoisotopic (exact) mass is 264 g/mol. The molecule has 1 fully saturated rings. The van der Waals surface area contributed by atoms with Crippen molar-refractivity contribution < 1.29 is 17.9 Å². The second-order valence-corrected chi connectivity index (χ2v) is 6.60. The zero-order valence-corrected chi connectivity index (χ0v) is 11.1. The number of nitrogens with zero attached hydrogens (tertiary/aromatic N) is 1. The smallest absolute Gasteiger partial charge is 0.239 e. The van der Waals surface area contributed by atoms with Crippen LogP contribution < -0.4 is 5.73 Å². The van der Waals surface area contributed by atoms with Crippen LogP contribution in [0.1, 0.15) is 13.3 Å². The molecule has 1 saturated heterocycles. The van der Waals surface area contributed by atoms with Crippen LogP contribution >= 0.6 is 0 Å². The summed E-state index contributed by atoms with van der Waals surface area (Å²) in [6.07, 6.45) is 0.491. The zero-order chi connectivity index (χ0) is 13.1. The van der Waals surface area contributed by atoms with Crippen molar-refractivity contribution in [2.45, 2.75) is 25.4 Å². The molecule has 6 nitrogen and oxygen atoms in total. The number of amides is 1. The summed E-state index contributed by atoms with van der Waals surface area (Å²) < 4.78 is 27.8. The third-order valence-electron chi connectivity index (χ3n) is 2.86.